The molecule has 548 valence electrons. The number of unbranched alkanes of at least 4 members (excludes halogenated alkanes) is 64. The third-order valence-corrected chi connectivity index (χ3v) is 20.6. The molecule has 0 saturated carbocycles. The topological polar surface area (TPSA) is 108 Å². The Morgan fingerprint density at radius 2 is 0.609 bits per heavy atom. The van der Waals surface area contributed by atoms with Crippen LogP contribution in [0.5, 0.6) is 0 Å². The van der Waals surface area contributed by atoms with Crippen molar-refractivity contribution in [1.82, 2.24) is 5.32 Å². The predicted molar refractivity (Wildman–Crippen MR) is 404 cm³/mol. The molecule has 3 unspecified atom stereocenters. The van der Waals surface area contributed by atoms with Crippen LogP contribution in [-0.2, 0) is 18.4 Å². The Kier molecular flexibility index (Phi) is 73.4. The number of hydrogen-bond donors (Lipinski definition) is 2. The number of nitrogens with zero attached hydrogens (tertiary/aromatic N) is 1. The Morgan fingerprint density at radius 1 is 0.370 bits per heavy atom. The van der Waals surface area contributed by atoms with Gasteiger partial charge in [0.1, 0.15) is 13.2 Å². The molecule has 0 bridgehead atoms. The first-order valence-corrected chi connectivity index (χ1v) is 43.2. The lowest BCUT2D eigenvalue weighted by Crippen LogP contribution is -2.45. The van der Waals surface area contributed by atoms with Crippen molar-refractivity contribution >= 4 is 13.7 Å². The van der Waals surface area contributed by atoms with Crippen molar-refractivity contribution in [3.63, 3.8) is 0 Å². The Hall–Kier alpha value is -1.02. The number of likely N-dealkylation sites (N-methyl/N-ethyl adjacent to an activating group) is 1. The van der Waals surface area contributed by atoms with E-state index in [4.69, 9.17) is 9.05 Å². The fraction of sp³-hybridized carbons (Fsp3) is 0.940. The first kappa shape index (κ1) is 91.0. The molecule has 0 aromatic rings. The van der Waals surface area contributed by atoms with Gasteiger partial charge in [0.05, 0.1) is 39.9 Å². The molecule has 0 aliphatic rings. The van der Waals surface area contributed by atoms with E-state index in [2.05, 4.69) is 31.3 Å². The zero-order valence-corrected chi connectivity index (χ0v) is 63.9. The Morgan fingerprint density at radius 3 is 0.880 bits per heavy atom. The standard InChI is InChI=1S/C83H165N2O6P/c1-6-8-10-12-14-16-18-20-22-24-26-28-30-32-34-36-38-39-40-41-42-43-44-45-46-47-49-51-53-55-57-59-61-63-65-67-69-71-73-75-77-83(87)84-81(80-91-92(88,89)90-79-78-85(3,4)5)82(86)76-74-72-70-68-66-64-62-60-58-56-54-52-50-48-37-35-33-31-29-27-25-23-21-19-17-15-13-11-9-7-2/h66,68,74,76,81-82,86H,6-65,67,69-73,75,77-80H2,1-5H3,(H-,84,87,88,89)/b68-66+,76-74+. The number of rotatable bonds is 79. The maximum absolute atomic E-state index is 13.1. The number of phosphoric acid groups is 1. The molecule has 0 rings (SSSR count). The van der Waals surface area contributed by atoms with E-state index < -0.39 is 20.0 Å². The minimum atomic E-state index is -4.61. The van der Waals surface area contributed by atoms with Gasteiger partial charge in [-0.15, -0.1) is 0 Å². The summed E-state index contributed by atoms with van der Waals surface area (Å²) in [6.45, 7) is 4.71. The molecule has 9 heteroatoms. The molecule has 0 saturated heterocycles. The quantitative estimate of drug-likeness (QED) is 0.0272. The van der Waals surface area contributed by atoms with E-state index in [1.54, 1.807) is 6.08 Å². The van der Waals surface area contributed by atoms with E-state index in [-0.39, 0.29) is 19.1 Å². The number of carbonyl (C=O) groups excluding carboxylic acids is 1. The predicted octanol–water partition coefficient (Wildman–Crippen LogP) is 26.7. The van der Waals surface area contributed by atoms with E-state index in [1.807, 2.05) is 27.2 Å². The monoisotopic (exact) mass is 1320 g/mol. The third-order valence-electron chi connectivity index (χ3n) is 19.7. The highest BCUT2D eigenvalue weighted by molar-refractivity contribution is 7.45. The van der Waals surface area contributed by atoms with Gasteiger partial charge in [-0.3, -0.25) is 9.36 Å². The van der Waals surface area contributed by atoms with E-state index in [0.29, 0.717) is 17.4 Å². The van der Waals surface area contributed by atoms with Crippen LogP contribution in [0, 0.1) is 0 Å². The van der Waals surface area contributed by atoms with E-state index in [1.165, 1.54) is 392 Å². The summed E-state index contributed by atoms with van der Waals surface area (Å²) >= 11 is 0. The van der Waals surface area contributed by atoms with Gasteiger partial charge in [0, 0.05) is 6.42 Å². The summed E-state index contributed by atoms with van der Waals surface area (Å²) in [6.07, 6.45) is 99.5. The van der Waals surface area contributed by atoms with Crippen LogP contribution in [0.3, 0.4) is 0 Å². The molecule has 0 aliphatic heterocycles. The highest BCUT2D eigenvalue weighted by atomic mass is 31.2. The fourth-order valence-electron chi connectivity index (χ4n) is 13.2. The van der Waals surface area contributed by atoms with Crippen molar-refractivity contribution in [3.05, 3.63) is 24.3 Å². The number of hydrogen-bond acceptors (Lipinski definition) is 6. The normalized spacial score (nSPS) is 13.5. The second-order valence-electron chi connectivity index (χ2n) is 30.2. The third kappa shape index (κ3) is 76.3. The van der Waals surface area contributed by atoms with Gasteiger partial charge in [-0.25, -0.2) is 0 Å². The van der Waals surface area contributed by atoms with Gasteiger partial charge >= 0.3 is 0 Å². The lowest BCUT2D eigenvalue weighted by Gasteiger charge is -2.29. The molecule has 0 spiro atoms. The van der Waals surface area contributed by atoms with Gasteiger partial charge in [0.15, 0.2) is 0 Å². The van der Waals surface area contributed by atoms with Crippen molar-refractivity contribution in [2.45, 2.75) is 463 Å². The Balaban J connectivity index is 3.91. The van der Waals surface area contributed by atoms with Gasteiger partial charge < -0.3 is 28.8 Å². The molecule has 8 nitrogen and oxygen atoms in total. The summed E-state index contributed by atoms with van der Waals surface area (Å²) < 4.78 is 23.5. The zero-order chi connectivity index (χ0) is 66.9. The molecule has 0 heterocycles. The zero-order valence-electron chi connectivity index (χ0n) is 63.1. The summed E-state index contributed by atoms with van der Waals surface area (Å²) in [7, 11) is 1.27. The molecule has 0 aromatic carbocycles. The number of quaternary nitrogens is 1. The number of nitrogens with one attached hydrogen (secondary N) is 1. The van der Waals surface area contributed by atoms with E-state index >= 15 is 0 Å². The lowest BCUT2D eigenvalue weighted by atomic mass is 10.0. The van der Waals surface area contributed by atoms with Crippen LogP contribution in [0.1, 0.15) is 450 Å². The van der Waals surface area contributed by atoms with Crippen molar-refractivity contribution in [2.75, 3.05) is 40.9 Å². The van der Waals surface area contributed by atoms with Crippen LogP contribution < -0.4 is 10.2 Å². The highest BCUT2D eigenvalue weighted by Crippen LogP contribution is 2.38. The van der Waals surface area contributed by atoms with E-state index in [9.17, 15) is 19.4 Å². The lowest BCUT2D eigenvalue weighted by molar-refractivity contribution is -0.870. The average Bonchev–Trinajstić information content (AvgIpc) is 3.24. The first-order valence-electron chi connectivity index (χ1n) is 41.7. The smallest absolute Gasteiger partial charge is 0.268 e. The minimum Gasteiger partial charge on any atom is -0.756 e. The molecule has 0 fully saturated rings. The number of aliphatic hydroxyl groups excluding tert-OH is 1. The molecule has 0 radical (unpaired) electrons. The summed E-state index contributed by atoms with van der Waals surface area (Å²) in [6, 6.07) is -0.903. The molecule has 0 aromatic heterocycles. The number of aliphatic hydroxyl groups is 1. The molecule has 0 aliphatic carbocycles. The number of phosphoric ester groups is 1. The minimum absolute atomic E-state index is 0.00323. The average molecular weight is 1320 g/mol. The summed E-state index contributed by atoms with van der Waals surface area (Å²) in [5, 5.41) is 14.0. The van der Waals surface area contributed by atoms with Crippen LogP contribution >= 0.6 is 7.82 Å². The molecular formula is C83H165N2O6P. The Labute approximate surface area is 576 Å². The number of allylic oxidation sites excluding steroid dienone is 3. The van der Waals surface area contributed by atoms with Gasteiger partial charge in [-0.05, 0) is 32.1 Å². The largest absolute Gasteiger partial charge is 0.756 e. The van der Waals surface area contributed by atoms with Gasteiger partial charge in [0.2, 0.25) is 5.91 Å². The fourth-order valence-corrected chi connectivity index (χ4v) is 14.0. The molecule has 2 N–H and O–H groups in total. The van der Waals surface area contributed by atoms with Crippen LogP contribution in [0.2, 0.25) is 0 Å². The molecular weight excluding hydrogens is 1150 g/mol. The summed E-state index contributed by atoms with van der Waals surface area (Å²) in [5.74, 6) is -0.196. The molecule has 1 amide bonds. The highest BCUT2D eigenvalue weighted by Gasteiger charge is 2.23. The SMILES string of the molecule is CCCCCCCCCCCCCCCCCCCCCCCCCC/C=C/CC/C=C/C(O)C(COP(=O)([O-])OCC[N+](C)(C)C)NC(=O)CCCCCCCCCCCCCCCCCCCCCCCCCCCCCCCCCCCCCCCCCC. The number of amides is 1. The second kappa shape index (κ2) is 74.2. The van der Waals surface area contributed by atoms with Crippen LogP contribution in [0.15, 0.2) is 24.3 Å². The van der Waals surface area contributed by atoms with Crippen LogP contribution in [0.25, 0.3) is 0 Å². The first-order chi connectivity index (χ1) is 45.0. The van der Waals surface area contributed by atoms with Crippen molar-refractivity contribution < 1.29 is 32.9 Å². The maximum Gasteiger partial charge on any atom is 0.268 e. The van der Waals surface area contributed by atoms with Gasteiger partial charge in [0.25, 0.3) is 7.82 Å². The summed E-state index contributed by atoms with van der Waals surface area (Å²) in [4.78, 5) is 25.7. The van der Waals surface area contributed by atoms with Gasteiger partial charge in [-0.1, -0.05) is 436 Å². The van der Waals surface area contributed by atoms with Crippen LogP contribution in [0.4, 0.5) is 0 Å². The second-order valence-corrected chi connectivity index (χ2v) is 31.6. The van der Waals surface area contributed by atoms with Crippen LogP contribution in [-0.4, -0.2) is 68.5 Å². The van der Waals surface area contributed by atoms with Gasteiger partial charge in [-0.2, -0.15) is 0 Å². The molecule has 3 atom stereocenters. The van der Waals surface area contributed by atoms with E-state index in [0.717, 1.165) is 38.5 Å². The number of carbonyl (C=O) groups is 1. The Bertz CT molecular complexity index is 1550. The maximum atomic E-state index is 13.1. The van der Waals surface area contributed by atoms with Crippen molar-refractivity contribution in [1.29, 1.82) is 0 Å². The van der Waals surface area contributed by atoms with Crippen molar-refractivity contribution in [2.24, 2.45) is 0 Å². The summed E-state index contributed by atoms with van der Waals surface area (Å²) in [5.41, 5.74) is 0. The molecule has 92 heavy (non-hydrogen) atoms. The van der Waals surface area contributed by atoms with Crippen molar-refractivity contribution in [3.8, 4) is 0 Å².